The maximum Gasteiger partial charge on any atom is 0.248 e. The number of aryl methyl sites for hydroxylation is 2. The summed E-state index contributed by atoms with van der Waals surface area (Å²) in [6.45, 7) is 7.28. The molecule has 0 fully saturated rings. The van der Waals surface area contributed by atoms with Crippen LogP contribution >= 0.6 is 15.9 Å². The lowest BCUT2D eigenvalue weighted by Crippen LogP contribution is -2.23. The van der Waals surface area contributed by atoms with Crippen LogP contribution in [0, 0.1) is 6.92 Å². The van der Waals surface area contributed by atoms with Gasteiger partial charge in [0, 0.05) is 16.9 Å². The molecular weight excluding hydrogens is 318 g/mol. The SMILES string of the molecule is Cc1cccc(-c2nnc(CCCNC(C)C)o2)c1Br. The van der Waals surface area contributed by atoms with Crippen LogP contribution in [0.5, 0.6) is 0 Å². The normalized spacial score (nSPS) is 11.2. The van der Waals surface area contributed by atoms with Crippen molar-refractivity contribution in [3.63, 3.8) is 0 Å². The average Bonchev–Trinajstić information content (AvgIpc) is 2.86. The van der Waals surface area contributed by atoms with Crippen molar-refractivity contribution >= 4 is 15.9 Å². The van der Waals surface area contributed by atoms with Gasteiger partial charge >= 0.3 is 0 Å². The number of rotatable bonds is 6. The van der Waals surface area contributed by atoms with Gasteiger partial charge in [-0.05, 0) is 47.4 Å². The monoisotopic (exact) mass is 337 g/mol. The molecule has 1 N–H and O–H groups in total. The molecule has 0 radical (unpaired) electrons. The highest BCUT2D eigenvalue weighted by Crippen LogP contribution is 2.29. The first-order valence-electron chi connectivity index (χ1n) is 6.89. The standard InChI is InChI=1S/C15H20BrN3O/c1-10(2)17-9-5-8-13-18-19-15(20-13)12-7-4-6-11(3)14(12)16/h4,6-7,10,17H,5,8-9H2,1-3H3. The zero-order valence-corrected chi connectivity index (χ0v) is 13.7. The number of aromatic nitrogens is 2. The van der Waals surface area contributed by atoms with Crippen LogP contribution in [-0.4, -0.2) is 22.8 Å². The van der Waals surface area contributed by atoms with Crippen molar-refractivity contribution in [2.75, 3.05) is 6.54 Å². The highest BCUT2D eigenvalue weighted by Gasteiger charge is 2.12. The van der Waals surface area contributed by atoms with Crippen LogP contribution in [0.2, 0.25) is 0 Å². The zero-order valence-electron chi connectivity index (χ0n) is 12.1. The van der Waals surface area contributed by atoms with Gasteiger partial charge in [0.2, 0.25) is 11.8 Å². The van der Waals surface area contributed by atoms with Gasteiger partial charge in [0.25, 0.3) is 0 Å². The molecule has 0 bridgehead atoms. The largest absolute Gasteiger partial charge is 0.421 e. The molecule has 0 aliphatic rings. The molecule has 4 nitrogen and oxygen atoms in total. The first kappa shape index (κ1) is 15.2. The molecule has 0 saturated carbocycles. The predicted octanol–water partition coefficient (Wildman–Crippen LogP) is 3.74. The van der Waals surface area contributed by atoms with Crippen molar-refractivity contribution in [2.24, 2.45) is 0 Å². The van der Waals surface area contributed by atoms with Gasteiger partial charge in [-0.25, -0.2) is 0 Å². The van der Waals surface area contributed by atoms with Crippen molar-refractivity contribution in [2.45, 2.75) is 39.7 Å². The molecule has 0 amide bonds. The first-order chi connectivity index (χ1) is 9.58. The maximum atomic E-state index is 5.73. The van der Waals surface area contributed by atoms with Crippen molar-refractivity contribution in [3.05, 3.63) is 34.1 Å². The van der Waals surface area contributed by atoms with E-state index in [1.54, 1.807) is 0 Å². The Morgan fingerprint density at radius 1 is 1.30 bits per heavy atom. The van der Waals surface area contributed by atoms with E-state index in [-0.39, 0.29) is 0 Å². The number of nitrogens with one attached hydrogen (secondary N) is 1. The van der Waals surface area contributed by atoms with E-state index < -0.39 is 0 Å². The van der Waals surface area contributed by atoms with Gasteiger partial charge in [-0.3, -0.25) is 0 Å². The lowest BCUT2D eigenvalue weighted by molar-refractivity contribution is 0.484. The summed E-state index contributed by atoms with van der Waals surface area (Å²) in [4.78, 5) is 0. The van der Waals surface area contributed by atoms with E-state index in [9.17, 15) is 0 Å². The highest BCUT2D eigenvalue weighted by molar-refractivity contribution is 9.10. The molecule has 1 aromatic carbocycles. The van der Waals surface area contributed by atoms with Crippen LogP contribution in [0.15, 0.2) is 27.1 Å². The van der Waals surface area contributed by atoms with E-state index in [1.807, 2.05) is 25.1 Å². The first-order valence-corrected chi connectivity index (χ1v) is 7.68. The van der Waals surface area contributed by atoms with E-state index in [1.165, 1.54) is 0 Å². The summed E-state index contributed by atoms with van der Waals surface area (Å²) in [5.74, 6) is 1.27. The van der Waals surface area contributed by atoms with Crippen LogP contribution < -0.4 is 5.32 Å². The summed E-state index contributed by atoms with van der Waals surface area (Å²) in [6.07, 6.45) is 1.80. The molecule has 0 saturated heterocycles. The number of hydrogen-bond donors (Lipinski definition) is 1. The van der Waals surface area contributed by atoms with Gasteiger partial charge in [-0.15, -0.1) is 10.2 Å². The third kappa shape index (κ3) is 3.90. The fraction of sp³-hybridized carbons (Fsp3) is 0.467. The molecule has 2 rings (SSSR count). The van der Waals surface area contributed by atoms with Gasteiger partial charge in [0.15, 0.2) is 0 Å². The molecular formula is C15H20BrN3O. The van der Waals surface area contributed by atoms with Gasteiger partial charge in [-0.1, -0.05) is 26.0 Å². The fourth-order valence-corrected chi connectivity index (χ4v) is 2.34. The molecule has 1 heterocycles. The van der Waals surface area contributed by atoms with Crippen LogP contribution in [0.3, 0.4) is 0 Å². The van der Waals surface area contributed by atoms with Gasteiger partial charge in [0.05, 0.1) is 5.56 Å². The molecule has 20 heavy (non-hydrogen) atoms. The topological polar surface area (TPSA) is 51.0 Å². The number of benzene rings is 1. The van der Waals surface area contributed by atoms with E-state index >= 15 is 0 Å². The average molecular weight is 338 g/mol. The maximum absolute atomic E-state index is 5.73. The second-order valence-electron chi connectivity index (χ2n) is 5.15. The van der Waals surface area contributed by atoms with Gasteiger partial charge in [0.1, 0.15) is 0 Å². The summed E-state index contributed by atoms with van der Waals surface area (Å²) >= 11 is 3.57. The number of hydrogen-bond acceptors (Lipinski definition) is 4. The molecule has 0 atom stereocenters. The third-order valence-corrected chi connectivity index (χ3v) is 4.06. The Morgan fingerprint density at radius 3 is 2.85 bits per heavy atom. The zero-order chi connectivity index (χ0) is 14.5. The van der Waals surface area contributed by atoms with E-state index in [4.69, 9.17) is 4.42 Å². The highest BCUT2D eigenvalue weighted by atomic mass is 79.9. The Labute approximate surface area is 128 Å². The van der Waals surface area contributed by atoms with Gasteiger partial charge < -0.3 is 9.73 Å². The minimum atomic E-state index is 0.511. The Morgan fingerprint density at radius 2 is 2.10 bits per heavy atom. The van der Waals surface area contributed by atoms with E-state index in [0.29, 0.717) is 17.8 Å². The molecule has 0 aliphatic carbocycles. The van der Waals surface area contributed by atoms with Gasteiger partial charge in [-0.2, -0.15) is 0 Å². The van der Waals surface area contributed by atoms with Crippen LogP contribution in [-0.2, 0) is 6.42 Å². The third-order valence-electron chi connectivity index (χ3n) is 3.01. The molecule has 0 spiro atoms. The van der Waals surface area contributed by atoms with Crippen LogP contribution in [0.1, 0.15) is 31.7 Å². The second kappa shape index (κ2) is 6.99. The fourth-order valence-electron chi connectivity index (χ4n) is 1.91. The lowest BCUT2D eigenvalue weighted by Gasteiger charge is -2.05. The second-order valence-corrected chi connectivity index (χ2v) is 5.94. The summed E-state index contributed by atoms with van der Waals surface area (Å²) in [7, 11) is 0. The Kier molecular flexibility index (Phi) is 5.31. The van der Waals surface area contributed by atoms with E-state index in [0.717, 1.165) is 35.0 Å². The summed E-state index contributed by atoms with van der Waals surface area (Å²) < 4.78 is 6.74. The van der Waals surface area contributed by atoms with E-state index in [2.05, 4.69) is 45.3 Å². The number of nitrogens with zero attached hydrogens (tertiary/aromatic N) is 2. The Hall–Kier alpha value is -1.20. The molecule has 5 heteroatoms. The molecule has 108 valence electrons. The summed E-state index contributed by atoms with van der Waals surface area (Å²) in [5.41, 5.74) is 2.10. The van der Waals surface area contributed by atoms with Crippen molar-refractivity contribution in [1.82, 2.24) is 15.5 Å². The smallest absolute Gasteiger partial charge is 0.248 e. The number of halogens is 1. The summed E-state index contributed by atoms with van der Waals surface area (Å²) in [6, 6.07) is 6.53. The van der Waals surface area contributed by atoms with Crippen molar-refractivity contribution < 1.29 is 4.42 Å². The van der Waals surface area contributed by atoms with Crippen molar-refractivity contribution in [1.29, 1.82) is 0 Å². The molecule has 0 aliphatic heterocycles. The minimum absolute atomic E-state index is 0.511. The molecule has 0 unspecified atom stereocenters. The molecule has 1 aromatic heterocycles. The predicted molar refractivity (Wildman–Crippen MR) is 83.6 cm³/mol. The molecule has 2 aromatic rings. The minimum Gasteiger partial charge on any atom is -0.421 e. The quantitative estimate of drug-likeness (QED) is 0.816. The van der Waals surface area contributed by atoms with Crippen LogP contribution in [0.25, 0.3) is 11.5 Å². The lowest BCUT2D eigenvalue weighted by atomic mass is 10.1. The van der Waals surface area contributed by atoms with Crippen LogP contribution in [0.4, 0.5) is 0 Å². The summed E-state index contributed by atoms with van der Waals surface area (Å²) in [5, 5.41) is 11.6. The Bertz CT molecular complexity index is 566. The van der Waals surface area contributed by atoms with Crippen molar-refractivity contribution in [3.8, 4) is 11.5 Å². The Balaban J connectivity index is 2.00.